The van der Waals surface area contributed by atoms with Gasteiger partial charge in [0, 0.05) is 29.4 Å². The lowest BCUT2D eigenvalue weighted by Crippen LogP contribution is -2.59. The van der Waals surface area contributed by atoms with E-state index < -0.39 is 5.66 Å². The first-order chi connectivity index (χ1) is 9.58. The molecule has 1 aromatic heterocycles. The highest BCUT2D eigenvalue weighted by molar-refractivity contribution is 6.31. The van der Waals surface area contributed by atoms with Crippen LogP contribution in [0, 0.1) is 5.92 Å². The van der Waals surface area contributed by atoms with Crippen molar-refractivity contribution in [3.05, 3.63) is 29.0 Å². The van der Waals surface area contributed by atoms with Crippen LogP contribution in [-0.2, 0) is 5.66 Å². The molecule has 2 aliphatic heterocycles. The van der Waals surface area contributed by atoms with E-state index in [2.05, 4.69) is 15.6 Å². The van der Waals surface area contributed by atoms with Gasteiger partial charge < -0.3 is 26.5 Å². The molecule has 2 aliphatic rings. The van der Waals surface area contributed by atoms with E-state index in [1.165, 1.54) is 0 Å². The van der Waals surface area contributed by atoms with E-state index >= 15 is 0 Å². The van der Waals surface area contributed by atoms with Crippen molar-refractivity contribution in [3.63, 3.8) is 0 Å². The van der Waals surface area contributed by atoms with Crippen LogP contribution in [0.3, 0.4) is 0 Å². The number of fused-ring (bicyclic) bond motifs is 3. The second-order valence-electron chi connectivity index (χ2n) is 5.25. The molecule has 3 heterocycles. The highest BCUT2D eigenvalue weighted by Gasteiger charge is 2.47. The van der Waals surface area contributed by atoms with Crippen LogP contribution in [0.5, 0.6) is 0 Å². The monoisotopic (exact) mass is 291 g/mol. The first-order valence-electron chi connectivity index (χ1n) is 6.42. The maximum Gasteiger partial charge on any atom is 0.195 e. The minimum atomic E-state index is -0.929. The number of nitrogens with two attached hydrogens (primary N) is 2. The Morgan fingerprint density at radius 1 is 1.40 bits per heavy atom. The molecule has 1 fully saturated rings. The molecule has 1 aromatic carbocycles. The summed E-state index contributed by atoms with van der Waals surface area (Å²) in [6.45, 7) is 1.59. The minimum Gasteiger partial charge on any atom is -0.455 e. The summed E-state index contributed by atoms with van der Waals surface area (Å²) in [7, 11) is 0. The quantitative estimate of drug-likeness (QED) is 0.631. The van der Waals surface area contributed by atoms with Crippen LogP contribution in [0.2, 0.25) is 5.02 Å². The standard InChI is InChI=1S/C13H14ClN5O/c14-7-1-2-9-8(3-7)10-11(20-9)13(16,6-4-17-5-6)19-12(15)18-10/h1-3,6,17H,4-5,16H2,(H3,15,18,19). The Bertz CT molecular complexity index is 736. The Hall–Kier alpha value is -1.76. The Kier molecular flexibility index (Phi) is 2.33. The minimum absolute atomic E-state index is 0.165. The summed E-state index contributed by atoms with van der Waals surface area (Å²) in [5.41, 5.74) is 12.9. The summed E-state index contributed by atoms with van der Waals surface area (Å²) in [6, 6.07) is 5.45. The van der Waals surface area contributed by atoms with Crippen molar-refractivity contribution >= 4 is 34.2 Å². The number of benzene rings is 1. The zero-order valence-electron chi connectivity index (χ0n) is 10.6. The predicted molar refractivity (Wildman–Crippen MR) is 78.7 cm³/mol. The van der Waals surface area contributed by atoms with Crippen molar-refractivity contribution in [2.24, 2.45) is 22.4 Å². The highest BCUT2D eigenvalue weighted by Crippen LogP contribution is 2.44. The Labute approximate surface area is 120 Å². The third kappa shape index (κ3) is 1.49. The number of anilines is 1. The van der Waals surface area contributed by atoms with Gasteiger partial charge in [-0.1, -0.05) is 11.6 Å². The average Bonchev–Trinajstić information content (AvgIpc) is 2.65. The van der Waals surface area contributed by atoms with Gasteiger partial charge in [0.25, 0.3) is 0 Å². The Balaban J connectivity index is 1.97. The van der Waals surface area contributed by atoms with E-state index in [0.29, 0.717) is 16.7 Å². The molecular formula is C13H14ClN5O. The summed E-state index contributed by atoms with van der Waals surface area (Å²) in [6.07, 6.45) is 0. The number of furan rings is 1. The van der Waals surface area contributed by atoms with Gasteiger partial charge in [-0.15, -0.1) is 0 Å². The van der Waals surface area contributed by atoms with Crippen LogP contribution in [0.4, 0.5) is 5.69 Å². The SMILES string of the molecule is NC1=NC(N)(C2CNC2)c2oc3ccc(Cl)cc3c2N1. The van der Waals surface area contributed by atoms with Gasteiger partial charge in [0.05, 0.1) is 5.69 Å². The van der Waals surface area contributed by atoms with Crippen molar-refractivity contribution in [1.29, 1.82) is 0 Å². The molecule has 20 heavy (non-hydrogen) atoms. The van der Waals surface area contributed by atoms with Gasteiger partial charge in [0.2, 0.25) is 0 Å². The molecule has 0 spiro atoms. The molecule has 1 saturated heterocycles. The van der Waals surface area contributed by atoms with Crippen LogP contribution < -0.4 is 22.1 Å². The molecule has 0 saturated carbocycles. The molecule has 0 radical (unpaired) electrons. The van der Waals surface area contributed by atoms with E-state index in [0.717, 1.165) is 29.7 Å². The highest BCUT2D eigenvalue weighted by atomic mass is 35.5. The van der Waals surface area contributed by atoms with Crippen LogP contribution in [0.15, 0.2) is 27.6 Å². The summed E-state index contributed by atoms with van der Waals surface area (Å²) in [4.78, 5) is 4.39. The molecule has 4 rings (SSSR count). The van der Waals surface area contributed by atoms with Gasteiger partial charge in [-0.05, 0) is 18.2 Å². The average molecular weight is 292 g/mol. The van der Waals surface area contributed by atoms with Crippen molar-refractivity contribution in [2.45, 2.75) is 5.66 Å². The molecule has 0 bridgehead atoms. The van der Waals surface area contributed by atoms with Crippen LogP contribution >= 0.6 is 11.6 Å². The summed E-state index contributed by atoms with van der Waals surface area (Å²) in [5, 5.41) is 7.75. The molecular weight excluding hydrogens is 278 g/mol. The molecule has 6 N–H and O–H groups in total. The van der Waals surface area contributed by atoms with Crippen LogP contribution in [0.25, 0.3) is 11.0 Å². The topological polar surface area (TPSA) is 102 Å². The van der Waals surface area contributed by atoms with Gasteiger partial charge in [0.1, 0.15) is 5.58 Å². The Morgan fingerprint density at radius 3 is 2.90 bits per heavy atom. The van der Waals surface area contributed by atoms with Gasteiger partial charge >= 0.3 is 0 Å². The Morgan fingerprint density at radius 2 is 2.20 bits per heavy atom. The van der Waals surface area contributed by atoms with Gasteiger partial charge in [-0.25, -0.2) is 4.99 Å². The van der Waals surface area contributed by atoms with E-state index in [9.17, 15) is 0 Å². The number of nitrogens with one attached hydrogen (secondary N) is 2. The number of rotatable bonds is 1. The maximum absolute atomic E-state index is 6.49. The molecule has 104 valence electrons. The molecule has 1 atom stereocenters. The van der Waals surface area contributed by atoms with Crippen molar-refractivity contribution < 1.29 is 4.42 Å². The first kappa shape index (κ1) is 12.0. The van der Waals surface area contributed by atoms with Gasteiger partial charge in [0.15, 0.2) is 17.4 Å². The second kappa shape index (κ2) is 3.88. The maximum atomic E-state index is 6.49. The fraction of sp³-hybridized carbons (Fsp3) is 0.308. The summed E-state index contributed by atoms with van der Waals surface area (Å²) in [5.74, 6) is 1.09. The zero-order chi connectivity index (χ0) is 13.9. The first-order valence-corrected chi connectivity index (χ1v) is 6.80. The molecule has 6 nitrogen and oxygen atoms in total. The lowest BCUT2D eigenvalue weighted by atomic mass is 9.85. The van der Waals surface area contributed by atoms with Crippen molar-refractivity contribution in [2.75, 3.05) is 18.4 Å². The van der Waals surface area contributed by atoms with Gasteiger partial charge in [-0.3, -0.25) is 0 Å². The lowest BCUT2D eigenvalue weighted by molar-refractivity contribution is 0.174. The number of hydrogen-bond donors (Lipinski definition) is 4. The molecule has 2 aromatic rings. The third-order valence-corrected chi connectivity index (χ3v) is 4.21. The third-order valence-electron chi connectivity index (χ3n) is 3.98. The van der Waals surface area contributed by atoms with Crippen molar-refractivity contribution in [1.82, 2.24) is 5.32 Å². The van der Waals surface area contributed by atoms with E-state index in [-0.39, 0.29) is 5.92 Å². The molecule has 0 aliphatic carbocycles. The van der Waals surface area contributed by atoms with Crippen molar-refractivity contribution in [3.8, 4) is 0 Å². The second-order valence-corrected chi connectivity index (χ2v) is 5.69. The number of halogens is 1. The lowest BCUT2D eigenvalue weighted by Gasteiger charge is -2.41. The molecule has 7 heteroatoms. The normalized spacial score (nSPS) is 25.8. The molecule has 1 unspecified atom stereocenters. The summed E-state index contributed by atoms with van der Waals surface area (Å²) >= 11 is 6.05. The fourth-order valence-corrected chi connectivity index (χ4v) is 2.93. The number of nitrogens with zero attached hydrogens (tertiary/aromatic N) is 1. The number of aliphatic imine (C=N–C) groups is 1. The number of guanidine groups is 1. The predicted octanol–water partition coefficient (Wildman–Crippen LogP) is 1.16. The van der Waals surface area contributed by atoms with E-state index in [1.54, 1.807) is 6.07 Å². The van der Waals surface area contributed by atoms with Gasteiger partial charge in [-0.2, -0.15) is 0 Å². The zero-order valence-corrected chi connectivity index (χ0v) is 11.4. The number of hydrogen-bond acceptors (Lipinski definition) is 6. The van der Waals surface area contributed by atoms with E-state index in [4.69, 9.17) is 27.5 Å². The van der Waals surface area contributed by atoms with Crippen LogP contribution in [-0.4, -0.2) is 19.0 Å². The largest absolute Gasteiger partial charge is 0.455 e. The van der Waals surface area contributed by atoms with Crippen LogP contribution in [0.1, 0.15) is 5.76 Å². The fourth-order valence-electron chi connectivity index (χ4n) is 2.76. The smallest absolute Gasteiger partial charge is 0.195 e. The molecule has 0 amide bonds. The summed E-state index contributed by atoms with van der Waals surface area (Å²) < 4.78 is 5.93. The van der Waals surface area contributed by atoms with E-state index in [1.807, 2.05) is 12.1 Å².